The van der Waals surface area contributed by atoms with Gasteiger partial charge in [0.1, 0.15) is 0 Å². The van der Waals surface area contributed by atoms with Crippen LogP contribution >= 0.6 is 23.2 Å². The van der Waals surface area contributed by atoms with Crippen LogP contribution in [0.5, 0.6) is 0 Å². The van der Waals surface area contributed by atoms with Gasteiger partial charge in [0, 0.05) is 0 Å². The van der Waals surface area contributed by atoms with E-state index in [1.54, 1.807) is 6.08 Å². The van der Waals surface area contributed by atoms with Crippen molar-refractivity contribution in [3.63, 3.8) is 0 Å². The van der Waals surface area contributed by atoms with Gasteiger partial charge in [-0.25, -0.2) is 0 Å². The van der Waals surface area contributed by atoms with E-state index in [2.05, 4.69) is 13.2 Å². The van der Waals surface area contributed by atoms with E-state index in [-0.39, 0.29) is 4.46 Å². The monoisotopic (exact) mass is 166 g/mol. The van der Waals surface area contributed by atoms with E-state index in [0.717, 1.165) is 5.20 Å². The van der Waals surface area contributed by atoms with Crippen molar-refractivity contribution in [2.45, 2.75) is 4.46 Å². The highest BCUT2D eigenvalue weighted by atomic mass is 35.5. The Bertz CT molecular complexity index is 98.6. The molecule has 0 rings (SSSR count). The largest absolute Gasteiger partial charge is 0.110 e. The predicted molar refractivity (Wildman–Crippen MR) is 43.4 cm³/mol. The molecule has 0 aliphatic carbocycles. The minimum atomic E-state index is -0.511. The van der Waals surface area contributed by atoms with Gasteiger partial charge in [0.15, 0.2) is 0 Å². The Morgan fingerprint density at radius 3 is 2.25 bits per heavy atom. The van der Waals surface area contributed by atoms with Gasteiger partial charge < -0.3 is 0 Å². The highest BCUT2D eigenvalue weighted by Gasteiger charge is 1.98. The molecule has 8 heavy (non-hydrogen) atoms. The average Bonchev–Trinajstić information content (AvgIpc) is 1.65. The molecule has 0 aromatic carbocycles. The fraction of sp³-hybridized carbons (Fsp3) is 0.200. The van der Waals surface area contributed by atoms with Crippen molar-refractivity contribution in [2.75, 3.05) is 0 Å². The maximum Gasteiger partial charge on any atom is 0.0956 e. The third-order valence-electron chi connectivity index (χ3n) is 0.705. The Morgan fingerprint density at radius 2 is 2.12 bits per heavy atom. The van der Waals surface area contributed by atoms with Crippen LogP contribution in [-0.4, -0.2) is 14.0 Å². The summed E-state index contributed by atoms with van der Waals surface area (Å²) in [4.78, 5) is 0. The molecule has 0 heterocycles. The first-order valence-corrected chi connectivity index (χ1v) is 4.65. The van der Waals surface area contributed by atoms with Gasteiger partial charge in [-0.3, -0.25) is 0 Å². The quantitative estimate of drug-likeness (QED) is 0.340. The Labute approximate surface area is 62.0 Å². The van der Waals surface area contributed by atoms with E-state index in [1.807, 2.05) is 0 Å². The van der Waals surface area contributed by atoms with Crippen molar-refractivity contribution in [1.29, 1.82) is 0 Å². The molecule has 0 N–H and O–H groups in total. The van der Waals surface area contributed by atoms with Crippen molar-refractivity contribution in [3.8, 4) is 0 Å². The molecule has 0 fully saturated rings. The molecule has 3 heteroatoms. The zero-order valence-corrected chi connectivity index (χ0v) is 7.46. The number of allylic oxidation sites excluding steroid dienone is 2. The zero-order valence-electron chi connectivity index (χ0n) is 4.53. The van der Waals surface area contributed by atoms with Gasteiger partial charge in [-0.1, -0.05) is 17.9 Å². The first kappa shape index (κ1) is 8.28. The zero-order chi connectivity index (χ0) is 6.57. The topological polar surface area (TPSA) is 0 Å². The highest BCUT2D eigenvalue weighted by Crippen LogP contribution is 2.03. The van der Waals surface area contributed by atoms with Gasteiger partial charge in [-0.05, 0) is 0 Å². The Kier molecular flexibility index (Phi) is 4.33. The van der Waals surface area contributed by atoms with E-state index in [4.69, 9.17) is 23.2 Å². The number of hydrogen-bond acceptors (Lipinski definition) is 0. The van der Waals surface area contributed by atoms with Crippen LogP contribution in [-0.2, 0) is 0 Å². The van der Waals surface area contributed by atoms with E-state index in [9.17, 15) is 0 Å². The maximum absolute atomic E-state index is 5.47. The first-order valence-electron chi connectivity index (χ1n) is 2.25. The van der Waals surface area contributed by atoms with E-state index < -0.39 is 9.52 Å². The smallest absolute Gasteiger partial charge is 0.0956 e. The molecule has 0 aromatic rings. The van der Waals surface area contributed by atoms with Crippen molar-refractivity contribution >= 4 is 32.7 Å². The molecule has 0 saturated carbocycles. The minimum Gasteiger partial charge on any atom is -0.110 e. The molecule has 0 aromatic heterocycles. The lowest BCUT2D eigenvalue weighted by Gasteiger charge is -1.95. The molecule has 0 nitrogen and oxygen atoms in total. The second-order valence-electron chi connectivity index (χ2n) is 1.46. The van der Waals surface area contributed by atoms with Gasteiger partial charge in [-0.2, -0.15) is 0 Å². The molecule has 0 aliphatic heterocycles. The van der Waals surface area contributed by atoms with Gasteiger partial charge in [-0.15, -0.1) is 29.8 Å². The minimum absolute atomic E-state index is 0.208. The van der Waals surface area contributed by atoms with Crippen molar-refractivity contribution in [1.82, 2.24) is 0 Å². The normalized spacial score (nSPS) is 10.9. The van der Waals surface area contributed by atoms with Gasteiger partial charge >= 0.3 is 0 Å². The van der Waals surface area contributed by atoms with Crippen molar-refractivity contribution in [2.24, 2.45) is 0 Å². The van der Waals surface area contributed by atoms with Crippen molar-refractivity contribution in [3.05, 3.63) is 24.4 Å². The summed E-state index contributed by atoms with van der Waals surface area (Å²) in [6.07, 6.45) is 1.71. The number of hydrogen-bond donors (Lipinski definition) is 0. The number of alkyl halides is 2. The molecule has 0 radical (unpaired) electrons. The third kappa shape index (κ3) is 4.44. The molecular weight excluding hydrogens is 159 g/mol. The van der Waals surface area contributed by atoms with E-state index in [1.165, 1.54) is 0 Å². The van der Waals surface area contributed by atoms with Gasteiger partial charge in [0.05, 0.1) is 14.0 Å². The van der Waals surface area contributed by atoms with Crippen LogP contribution in [0.25, 0.3) is 0 Å². The Balaban J connectivity index is 3.39. The van der Waals surface area contributed by atoms with Crippen LogP contribution in [0.4, 0.5) is 0 Å². The summed E-state index contributed by atoms with van der Waals surface area (Å²) in [5, 5.41) is 1.01. The standard InChI is InChI=1S/C5H8Cl2Si/c1-3-4(2)8-5(6)7/h3,5H,1-2,8H2. The second-order valence-corrected chi connectivity index (χ2v) is 5.90. The Hall–Kier alpha value is 0.277. The summed E-state index contributed by atoms with van der Waals surface area (Å²) in [6.45, 7) is 7.22. The third-order valence-corrected chi connectivity index (χ3v) is 2.75. The van der Waals surface area contributed by atoms with Gasteiger partial charge in [0.2, 0.25) is 0 Å². The molecule has 46 valence electrons. The lowest BCUT2D eigenvalue weighted by Crippen LogP contribution is -2.01. The van der Waals surface area contributed by atoms with Gasteiger partial charge in [0.25, 0.3) is 0 Å². The molecule has 0 spiro atoms. The fourth-order valence-electron chi connectivity index (χ4n) is 0.282. The lowest BCUT2D eigenvalue weighted by molar-refractivity contribution is 1.83. The highest BCUT2D eigenvalue weighted by molar-refractivity contribution is 6.72. The van der Waals surface area contributed by atoms with Crippen LogP contribution < -0.4 is 0 Å². The summed E-state index contributed by atoms with van der Waals surface area (Å²) in [5.74, 6) is 0. The van der Waals surface area contributed by atoms with Crippen LogP contribution in [0.15, 0.2) is 24.4 Å². The fourth-order valence-corrected chi connectivity index (χ4v) is 2.03. The van der Waals surface area contributed by atoms with Crippen LogP contribution in [0.1, 0.15) is 0 Å². The summed E-state index contributed by atoms with van der Waals surface area (Å²) >= 11 is 10.9. The average molecular weight is 167 g/mol. The summed E-state index contributed by atoms with van der Waals surface area (Å²) in [7, 11) is -0.511. The summed E-state index contributed by atoms with van der Waals surface area (Å²) in [6, 6.07) is 0. The van der Waals surface area contributed by atoms with Crippen molar-refractivity contribution < 1.29 is 0 Å². The Morgan fingerprint density at radius 1 is 1.62 bits per heavy atom. The lowest BCUT2D eigenvalue weighted by atomic mass is 10.6. The number of rotatable bonds is 3. The molecular formula is C5H8Cl2Si. The molecule has 0 aliphatic rings. The van der Waals surface area contributed by atoms with Crippen LogP contribution in [0.2, 0.25) is 0 Å². The first-order chi connectivity index (χ1) is 3.66. The molecule has 0 amide bonds. The summed E-state index contributed by atoms with van der Waals surface area (Å²) in [5.41, 5.74) is 0. The molecule has 0 unspecified atom stereocenters. The second kappa shape index (κ2) is 4.19. The maximum atomic E-state index is 5.47. The molecule has 0 saturated heterocycles. The van der Waals surface area contributed by atoms with Crippen LogP contribution in [0.3, 0.4) is 0 Å². The van der Waals surface area contributed by atoms with Crippen LogP contribution in [0, 0.1) is 0 Å². The predicted octanol–water partition coefficient (Wildman–Crippen LogP) is 1.62. The summed E-state index contributed by atoms with van der Waals surface area (Å²) < 4.78 is -0.208. The molecule has 0 atom stereocenters. The number of halogens is 2. The molecule has 0 bridgehead atoms. The van der Waals surface area contributed by atoms with E-state index >= 15 is 0 Å². The van der Waals surface area contributed by atoms with E-state index in [0.29, 0.717) is 0 Å². The SMILES string of the molecule is C=CC(=C)[SiH2]C(Cl)Cl.